The van der Waals surface area contributed by atoms with E-state index in [1.54, 1.807) is 12.3 Å². The van der Waals surface area contributed by atoms with E-state index >= 15 is 0 Å². The number of pyridine rings is 1. The second-order valence-electron chi connectivity index (χ2n) is 8.26. The first-order valence-electron chi connectivity index (χ1n) is 11.1. The summed E-state index contributed by atoms with van der Waals surface area (Å²) >= 11 is 1.54. The van der Waals surface area contributed by atoms with Crippen molar-refractivity contribution in [2.45, 2.75) is 26.7 Å². The van der Waals surface area contributed by atoms with Crippen LogP contribution >= 0.6 is 11.3 Å². The number of anilines is 1. The zero-order valence-electron chi connectivity index (χ0n) is 18.2. The first-order valence-corrected chi connectivity index (χ1v) is 11.9. The molecule has 8 heteroatoms. The number of hydrogen-bond acceptors (Lipinski definition) is 5. The quantitative estimate of drug-likeness (QED) is 0.463. The zero-order valence-corrected chi connectivity index (χ0v) is 19.0. The predicted molar refractivity (Wildman–Crippen MR) is 128 cm³/mol. The van der Waals surface area contributed by atoms with E-state index in [1.807, 2.05) is 24.8 Å². The summed E-state index contributed by atoms with van der Waals surface area (Å²) in [6.45, 7) is 6.94. The van der Waals surface area contributed by atoms with Gasteiger partial charge in [0.1, 0.15) is 5.82 Å². The molecule has 1 fully saturated rings. The van der Waals surface area contributed by atoms with Crippen molar-refractivity contribution in [2.24, 2.45) is 5.92 Å². The molecular formula is C24H25FN4O2S. The number of aromatic nitrogens is 2. The van der Waals surface area contributed by atoms with Gasteiger partial charge in [-0.05, 0) is 51.0 Å². The van der Waals surface area contributed by atoms with Crippen LogP contribution in [0.25, 0.3) is 31.8 Å². The van der Waals surface area contributed by atoms with Crippen molar-refractivity contribution in [1.82, 2.24) is 14.9 Å². The van der Waals surface area contributed by atoms with E-state index in [0.717, 1.165) is 58.6 Å². The van der Waals surface area contributed by atoms with Crippen molar-refractivity contribution in [3.05, 3.63) is 46.6 Å². The lowest BCUT2D eigenvalue weighted by Gasteiger charge is -2.34. The van der Waals surface area contributed by atoms with Gasteiger partial charge < -0.3 is 14.8 Å². The van der Waals surface area contributed by atoms with Gasteiger partial charge in [0.2, 0.25) is 5.91 Å². The van der Waals surface area contributed by atoms with Crippen molar-refractivity contribution in [1.29, 1.82) is 0 Å². The minimum atomic E-state index is -0.384. The number of nitrogens with one attached hydrogen (secondary N) is 1. The minimum Gasteiger partial charge on any atom is -0.347 e. The summed E-state index contributed by atoms with van der Waals surface area (Å²) in [7, 11) is 0. The molecule has 1 aliphatic rings. The van der Waals surface area contributed by atoms with E-state index in [4.69, 9.17) is 4.98 Å². The van der Waals surface area contributed by atoms with E-state index in [2.05, 4.69) is 9.88 Å². The first-order chi connectivity index (χ1) is 15.5. The molecule has 0 saturated carbocycles. The number of hydrogen-bond donors (Lipinski definition) is 1. The summed E-state index contributed by atoms with van der Waals surface area (Å²) in [5.74, 6) is -0.217. The fraction of sp³-hybridized carbons (Fsp3) is 0.375. The largest absolute Gasteiger partial charge is 0.347 e. The van der Waals surface area contributed by atoms with E-state index in [9.17, 15) is 14.0 Å². The van der Waals surface area contributed by atoms with E-state index in [-0.39, 0.29) is 23.2 Å². The second kappa shape index (κ2) is 8.16. The van der Waals surface area contributed by atoms with Crippen LogP contribution in [0.15, 0.2) is 35.3 Å². The van der Waals surface area contributed by atoms with Gasteiger partial charge in [0, 0.05) is 48.5 Å². The Labute approximate surface area is 188 Å². The van der Waals surface area contributed by atoms with E-state index < -0.39 is 0 Å². The van der Waals surface area contributed by atoms with Crippen LogP contribution in [0.4, 0.5) is 9.52 Å². The molecule has 6 nitrogen and oxygen atoms in total. The first kappa shape index (κ1) is 20.9. The zero-order chi connectivity index (χ0) is 22.4. The van der Waals surface area contributed by atoms with Gasteiger partial charge in [0.15, 0.2) is 5.13 Å². The molecule has 1 saturated heterocycles. The summed E-state index contributed by atoms with van der Waals surface area (Å²) in [5, 5.41) is 3.44. The number of carbonyl (C=O) groups is 1. The molecule has 1 amide bonds. The van der Waals surface area contributed by atoms with Gasteiger partial charge >= 0.3 is 0 Å². The van der Waals surface area contributed by atoms with Crippen LogP contribution in [-0.2, 0) is 4.79 Å². The van der Waals surface area contributed by atoms with Crippen LogP contribution < -0.4 is 10.5 Å². The lowest BCUT2D eigenvalue weighted by molar-refractivity contribution is -0.135. The third-order valence-corrected chi connectivity index (χ3v) is 7.59. The molecule has 1 atom stereocenters. The number of halogens is 1. The number of benzene rings is 2. The average molecular weight is 453 g/mol. The Bertz CT molecular complexity index is 1390. The van der Waals surface area contributed by atoms with E-state index in [0.29, 0.717) is 17.3 Å². The number of nitrogens with zero attached hydrogens (tertiary/aromatic N) is 3. The van der Waals surface area contributed by atoms with Gasteiger partial charge in [-0.1, -0.05) is 11.3 Å². The molecule has 1 aliphatic heterocycles. The van der Waals surface area contributed by atoms with Crippen LogP contribution in [-0.4, -0.2) is 47.0 Å². The maximum absolute atomic E-state index is 14.1. The molecule has 2 aromatic carbocycles. The number of H-pyrrole nitrogens is 1. The molecule has 2 aromatic heterocycles. The Morgan fingerprint density at radius 2 is 2.06 bits per heavy atom. The Hall–Kier alpha value is -3.00. The highest BCUT2D eigenvalue weighted by atomic mass is 32.1. The maximum Gasteiger partial charge on any atom is 0.256 e. The Morgan fingerprint density at radius 1 is 1.25 bits per heavy atom. The fourth-order valence-corrected chi connectivity index (χ4v) is 5.97. The number of aromatic amines is 1. The van der Waals surface area contributed by atoms with Crippen molar-refractivity contribution in [3.63, 3.8) is 0 Å². The van der Waals surface area contributed by atoms with E-state index in [1.165, 1.54) is 23.5 Å². The monoisotopic (exact) mass is 452 g/mol. The molecule has 0 bridgehead atoms. The molecular weight excluding hydrogens is 427 g/mol. The highest BCUT2D eigenvalue weighted by Gasteiger charge is 2.30. The van der Waals surface area contributed by atoms with Gasteiger partial charge in [0.05, 0.1) is 21.5 Å². The molecule has 0 radical (unpaired) electrons. The van der Waals surface area contributed by atoms with Crippen molar-refractivity contribution >= 4 is 54.1 Å². The predicted octanol–water partition coefficient (Wildman–Crippen LogP) is 4.51. The van der Waals surface area contributed by atoms with Crippen LogP contribution in [0.1, 0.15) is 26.7 Å². The minimum absolute atomic E-state index is 0.0407. The smallest absolute Gasteiger partial charge is 0.256 e. The number of fused-ring (bicyclic) bond motifs is 6. The van der Waals surface area contributed by atoms with Gasteiger partial charge in [0.25, 0.3) is 5.56 Å². The summed E-state index contributed by atoms with van der Waals surface area (Å²) in [5.41, 5.74) is 0.535. The number of carbonyl (C=O) groups excluding carboxylic acids is 1. The molecule has 0 aliphatic carbocycles. The number of thiazole rings is 1. The Kier molecular flexibility index (Phi) is 5.33. The second-order valence-corrected chi connectivity index (χ2v) is 9.23. The standard InChI is InChI=1S/C24H25FN4O2S/c1-3-28(4-2)23(31)14-6-5-11-29(13-14)24-27-20-16-8-7-15(25)12-18(16)19-17(21(20)32-24)9-10-26-22(19)30/h7-10,12,14H,3-6,11,13H2,1-2H3,(H,26,30). The summed E-state index contributed by atoms with van der Waals surface area (Å²) in [6, 6.07) is 6.37. The van der Waals surface area contributed by atoms with Gasteiger partial charge in [-0.3, -0.25) is 9.59 Å². The average Bonchev–Trinajstić information content (AvgIpc) is 3.26. The summed E-state index contributed by atoms with van der Waals surface area (Å²) < 4.78 is 15.0. The lowest BCUT2D eigenvalue weighted by Crippen LogP contribution is -2.44. The summed E-state index contributed by atoms with van der Waals surface area (Å²) in [6.07, 6.45) is 3.44. The Balaban J connectivity index is 1.63. The van der Waals surface area contributed by atoms with Crippen molar-refractivity contribution < 1.29 is 9.18 Å². The van der Waals surface area contributed by atoms with Crippen LogP contribution in [0.2, 0.25) is 0 Å². The highest BCUT2D eigenvalue weighted by molar-refractivity contribution is 7.23. The number of piperidine rings is 1. The Morgan fingerprint density at radius 3 is 2.84 bits per heavy atom. The van der Waals surface area contributed by atoms with Crippen LogP contribution in [0, 0.1) is 11.7 Å². The molecule has 32 heavy (non-hydrogen) atoms. The molecule has 1 unspecified atom stereocenters. The van der Waals surface area contributed by atoms with Gasteiger partial charge in [-0.25, -0.2) is 9.37 Å². The SMILES string of the molecule is CCN(CC)C(=O)C1CCCN(c2nc3c4ccc(F)cc4c4c(=O)[nH]ccc4c3s2)C1. The topological polar surface area (TPSA) is 69.3 Å². The van der Waals surface area contributed by atoms with Crippen LogP contribution in [0.3, 0.4) is 0 Å². The van der Waals surface area contributed by atoms with Crippen molar-refractivity contribution in [2.75, 3.05) is 31.1 Å². The molecule has 3 heterocycles. The van der Waals surface area contributed by atoms with Crippen molar-refractivity contribution in [3.8, 4) is 0 Å². The molecule has 0 spiro atoms. The number of rotatable bonds is 4. The third kappa shape index (κ3) is 3.33. The van der Waals surface area contributed by atoms with Crippen LogP contribution in [0.5, 0.6) is 0 Å². The van der Waals surface area contributed by atoms with Gasteiger partial charge in [-0.15, -0.1) is 0 Å². The summed E-state index contributed by atoms with van der Waals surface area (Å²) in [4.78, 5) is 37.3. The molecule has 166 valence electrons. The number of amides is 1. The molecule has 1 N–H and O–H groups in total. The molecule has 4 aromatic rings. The highest BCUT2D eigenvalue weighted by Crippen LogP contribution is 2.40. The third-order valence-electron chi connectivity index (χ3n) is 6.44. The normalized spacial score (nSPS) is 16.8. The lowest BCUT2D eigenvalue weighted by atomic mass is 9.97. The van der Waals surface area contributed by atoms with Gasteiger partial charge in [-0.2, -0.15) is 0 Å². The maximum atomic E-state index is 14.1. The molecule has 5 rings (SSSR count). The fourth-order valence-electron chi connectivity index (χ4n) is 4.82.